The van der Waals surface area contributed by atoms with Gasteiger partial charge in [0.2, 0.25) is 0 Å². The Morgan fingerprint density at radius 2 is 1.76 bits per heavy atom. The van der Waals surface area contributed by atoms with Crippen LogP contribution in [0, 0.1) is 0 Å². The lowest BCUT2D eigenvalue weighted by atomic mass is 10.1. The van der Waals surface area contributed by atoms with Crippen molar-refractivity contribution in [2.75, 3.05) is 0 Å². The topological polar surface area (TPSA) is 36.4 Å². The molecule has 0 aliphatic carbocycles. The van der Waals surface area contributed by atoms with Gasteiger partial charge in [-0.05, 0) is 18.6 Å². The lowest BCUT2D eigenvalue weighted by Crippen LogP contribution is -2.39. The summed E-state index contributed by atoms with van der Waals surface area (Å²) in [5.74, 6) is 1.69. The fraction of sp³-hybridized carbons (Fsp3) is 0.667. The van der Waals surface area contributed by atoms with Gasteiger partial charge in [-0.15, -0.1) is 0 Å². The standard InChI is InChI=1S/C12H21N3S.H2S/c1-3-4-5-6-7-8-9-11-13-10(2)14-12(16)15-11;/h2-9H2,1H3,(H2,13,14,15,16);1H2. The Bertz CT molecular complexity index is 287. The third kappa shape index (κ3) is 7.39. The smallest absolute Gasteiger partial charge is 0.200 e. The van der Waals surface area contributed by atoms with E-state index in [0.29, 0.717) is 5.11 Å². The van der Waals surface area contributed by atoms with E-state index in [2.05, 4.69) is 29.1 Å². The first-order valence-electron chi connectivity index (χ1n) is 6.07. The normalized spacial score (nSPS) is 14.5. The largest absolute Gasteiger partial charge is 0.330 e. The number of nitrogens with zero attached hydrogens (tertiary/aromatic N) is 1. The number of unbranched alkanes of at least 4 members (excludes halogenated alkanes) is 5. The van der Waals surface area contributed by atoms with Crippen molar-refractivity contribution in [3.63, 3.8) is 0 Å². The van der Waals surface area contributed by atoms with Gasteiger partial charge in [0.1, 0.15) is 11.7 Å². The number of rotatable bonds is 7. The summed E-state index contributed by atoms with van der Waals surface area (Å²) in [7, 11) is 0. The van der Waals surface area contributed by atoms with Crippen LogP contribution in [0.1, 0.15) is 51.9 Å². The molecular formula is C12H23N3S2. The highest BCUT2D eigenvalue weighted by molar-refractivity contribution is 7.80. The van der Waals surface area contributed by atoms with Crippen LogP contribution in [0.4, 0.5) is 0 Å². The molecule has 1 aliphatic heterocycles. The molecule has 0 atom stereocenters. The van der Waals surface area contributed by atoms with E-state index < -0.39 is 0 Å². The number of thiocarbonyl (C=S) groups is 1. The van der Waals surface area contributed by atoms with Gasteiger partial charge in [-0.2, -0.15) is 13.5 Å². The number of nitrogens with one attached hydrogen (secondary N) is 2. The molecule has 0 amide bonds. The molecule has 0 fully saturated rings. The van der Waals surface area contributed by atoms with Gasteiger partial charge in [-0.3, -0.25) is 0 Å². The molecule has 2 N–H and O–H groups in total. The van der Waals surface area contributed by atoms with Crippen molar-refractivity contribution >= 4 is 36.7 Å². The molecular weight excluding hydrogens is 250 g/mol. The molecule has 0 saturated heterocycles. The van der Waals surface area contributed by atoms with Crippen molar-refractivity contribution in [1.82, 2.24) is 10.6 Å². The van der Waals surface area contributed by atoms with E-state index in [1.165, 1.54) is 38.5 Å². The predicted molar refractivity (Wildman–Crippen MR) is 83.8 cm³/mol. The predicted octanol–water partition coefficient (Wildman–Crippen LogP) is 3.20. The molecule has 98 valence electrons. The SMILES string of the molecule is C=C1NC(=S)N=C(CCCCCCCC)N1.S. The van der Waals surface area contributed by atoms with Crippen LogP contribution in [-0.2, 0) is 0 Å². The van der Waals surface area contributed by atoms with E-state index in [4.69, 9.17) is 12.2 Å². The molecule has 1 rings (SSSR count). The molecule has 0 unspecified atom stereocenters. The van der Waals surface area contributed by atoms with Gasteiger partial charge in [0.05, 0.1) is 0 Å². The fourth-order valence-electron chi connectivity index (χ4n) is 1.70. The van der Waals surface area contributed by atoms with Crippen molar-refractivity contribution in [3.05, 3.63) is 12.4 Å². The molecule has 0 aromatic carbocycles. The quantitative estimate of drug-likeness (QED) is 0.552. The third-order valence-electron chi connectivity index (χ3n) is 2.56. The Kier molecular flexibility index (Phi) is 9.17. The molecule has 0 radical (unpaired) electrons. The number of hydrogen-bond acceptors (Lipinski definition) is 2. The summed E-state index contributed by atoms with van der Waals surface area (Å²) in [6, 6.07) is 0. The molecule has 0 saturated carbocycles. The van der Waals surface area contributed by atoms with E-state index in [1.54, 1.807) is 0 Å². The Morgan fingerprint density at radius 3 is 2.41 bits per heavy atom. The van der Waals surface area contributed by atoms with Gasteiger partial charge in [0.15, 0.2) is 5.11 Å². The number of amidine groups is 1. The highest BCUT2D eigenvalue weighted by Crippen LogP contribution is 2.08. The lowest BCUT2D eigenvalue weighted by Gasteiger charge is -2.18. The maximum atomic E-state index is 5.00. The second-order valence-corrected chi connectivity index (χ2v) is 4.50. The van der Waals surface area contributed by atoms with Crippen molar-refractivity contribution in [2.24, 2.45) is 4.99 Å². The molecule has 0 aromatic heterocycles. The molecule has 1 heterocycles. The van der Waals surface area contributed by atoms with E-state index in [0.717, 1.165) is 18.1 Å². The minimum absolute atomic E-state index is 0. The van der Waals surface area contributed by atoms with Crippen LogP contribution in [0.3, 0.4) is 0 Å². The van der Waals surface area contributed by atoms with Gasteiger partial charge in [0.25, 0.3) is 0 Å². The van der Waals surface area contributed by atoms with Crippen LogP contribution in [0.15, 0.2) is 17.4 Å². The minimum Gasteiger partial charge on any atom is -0.330 e. The minimum atomic E-state index is 0. The van der Waals surface area contributed by atoms with Crippen LogP contribution in [-0.4, -0.2) is 10.9 Å². The highest BCUT2D eigenvalue weighted by atomic mass is 32.1. The second-order valence-electron chi connectivity index (χ2n) is 4.11. The molecule has 17 heavy (non-hydrogen) atoms. The average molecular weight is 273 g/mol. The molecule has 0 bridgehead atoms. The molecule has 3 nitrogen and oxygen atoms in total. The lowest BCUT2D eigenvalue weighted by molar-refractivity contribution is 0.613. The Labute approximate surface area is 117 Å². The highest BCUT2D eigenvalue weighted by Gasteiger charge is 2.09. The number of hydrogen-bond donors (Lipinski definition) is 2. The summed E-state index contributed by atoms with van der Waals surface area (Å²) < 4.78 is 0. The summed E-state index contributed by atoms with van der Waals surface area (Å²) >= 11 is 5.00. The van der Waals surface area contributed by atoms with Crippen LogP contribution in [0.2, 0.25) is 0 Å². The van der Waals surface area contributed by atoms with Crippen molar-refractivity contribution in [2.45, 2.75) is 51.9 Å². The fourth-order valence-corrected chi connectivity index (χ4v) is 1.94. The summed E-state index contributed by atoms with van der Waals surface area (Å²) in [5.41, 5.74) is 0. The van der Waals surface area contributed by atoms with Gasteiger partial charge in [0, 0.05) is 6.42 Å². The molecule has 5 heteroatoms. The van der Waals surface area contributed by atoms with Gasteiger partial charge in [-0.25, -0.2) is 4.99 Å². The summed E-state index contributed by atoms with van der Waals surface area (Å²) in [6.07, 6.45) is 8.73. The first-order valence-corrected chi connectivity index (χ1v) is 6.47. The van der Waals surface area contributed by atoms with Crippen molar-refractivity contribution in [3.8, 4) is 0 Å². The van der Waals surface area contributed by atoms with E-state index in [9.17, 15) is 0 Å². The van der Waals surface area contributed by atoms with Crippen molar-refractivity contribution in [1.29, 1.82) is 0 Å². The second kappa shape index (κ2) is 9.48. The summed E-state index contributed by atoms with van der Waals surface area (Å²) in [5, 5.41) is 6.49. The van der Waals surface area contributed by atoms with Gasteiger partial charge < -0.3 is 10.6 Å². The van der Waals surface area contributed by atoms with Crippen LogP contribution >= 0.6 is 25.7 Å². The maximum absolute atomic E-state index is 5.00. The van der Waals surface area contributed by atoms with E-state index in [-0.39, 0.29) is 13.5 Å². The zero-order valence-electron chi connectivity index (χ0n) is 10.5. The Morgan fingerprint density at radius 1 is 1.12 bits per heavy atom. The van der Waals surface area contributed by atoms with Crippen LogP contribution in [0.25, 0.3) is 0 Å². The van der Waals surface area contributed by atoms with Crippen LogP contribution in [0.5, 0.6) is 0 Å². The first-order chi connectivity index (χ1) is 7.72. The number of aliphatic imine (C=N–C) groups is 1. The van der Waals surface area contributed by atoms with Gasteiger partial charge in [-0.1, -0.05) is 45.6 Å². The van der Waals surface area contributed by atoms with Gasteiger partial charge >= 0.3 is 0 Å². The zero-order valence-corrected chi connectivity index (χ0v) is 12.3. The maximum Gasteiger partial charge on any atom is 0.200 e. The van der Waals surface area contributed by atoms with E-state index in [1.807, 2.05) is 0 Å². The Balaban J connectivity index is 0.00000256. The molecule has 0 spiro atoms. The van der Waals surface area contributed by atoms with Crippen LogP contribution < -0.4 is 10.6 Å². The van der Waals surface area contributed by atoms with Crippen molar-refractivity contribution < 1.29 is 0 Å². The Hall–Kier alpha value is -0.550. The monoisotopic (exact) mass is 273 g/mol. The third-order valence-corrected chi connectivity index (χ3v) is 2.75. The molecule has 1 aliphatic rings. The summed E-state index contributed by atoms with van der Waals surface area (Å²) in [4.78, 5) is 4.23. The molecule has 0 aromatic rings. The average Bonchev–Trinajstić information content (AvgIpc) is 2.22. The zero-order chi connectivity index (χ0) is 11.8. The first kappa shape index (κ1) is 16.4. The van der Waals surface area contributed by atoms with E-state index >= 15 is 0 Å². The summed E-state index contributed by atoms with van der Waals surface area (Å²) in [6.45, 7) is 6.03.